The predicted molar refractivity (Wildman–Crippen MR) is 101 cm³/mol. The van der Waals surface area contributed by atoms with Crippen molar-refractivity contribution in [1.29, 1.82) is 0 Å². The summed E-state index contributed by atoms with van der Waals surface area (Å²) in [6, 6.07) is 4.43. The molecule has 1 rings (SSSR count). The van der Waals surface area contributed by atoms with Crippen LogP contribution in [0.2, 0.25) is 18.1 Å². The molecule has 0 fully saturated rings. The first-order valence-corrected chi connectivity index (χ1v) is 11.1. The van der Waals surface area contributed by atoms with Crippen molar-refractivity contribution in [2.45, 2.75) is 65.3 Å². The van der Waals surface area contributed by atoms with Gasteiger partial charge in [0.15, 0.2) is 0 Å². The molecule has 2 N–H and O–H groups in total. The molecule has 0 saturated heterocycles. The molecule has 1 amide bonds. The van der Waals surface area contributed by atoms with Gasteiger partial charge in [0.05, 0.1) is 11.3 Å². The second kappa shape index (κ2) is 7.07. The van der Waals surface area contributed by atoms with Gasteiger partial charge in [-0.25, -0.2) is 9.59 Å². The molecule has 7 heteroatoms. The van der Waals surface area contributed by atoms with Gasteiger partial charge in [0, 0.05) is 0 Å². The van der Waals surface area contributed by atoms with Gasteiger partial charge >= 0.3 is 12.1 Å². The van der Waals surface area contributed by atoms with E-state index in [1.807, 2.05) is 0 Å². The Morgan fingerprint density at radius 1 is 1.08 bits per heavy atom. The zero-order chi connectivity index (χ0) is 19.6. The standard InChI is InChI=1S/C18H29NO5Si/c1-17(2,3)23-16(22)19-13-11-12(15(20)21)9-10-14(13)24-25(7,8)18(4,5)6/h9-11H,1-8H3,(H,19,22)(H,20,21). The van der Waals surface area contributed by atoms with Gasteiger partial charge < -0.3 is 14.3 Å². The van der Waals surface area contributed by atoms with Crippen LogP contribution in [0.4, 0.5) is 10.5 Å². The van der Waals surface area contributed by atoms with Crippen LogP contribution in [0.25, 0.3) is 0 Å². The fourth-order valence-corrected chi connectivity index (χ4v) is 2.73. The highest BCUT2D eigenvalue weighted by molar-refractivity contribution is 6.74. The first kappa shape index (κ1) is 21.0. The minimum atomic E-state index is -2.16. The summed E-state index contributed by atoms with van der Waals surface area (Å²) in [6.45, 7) is 15.7. The van der Waals surface area contributed by atoms with E-state index in [4.69, 9.17) is 9.16 Å². The number of amides is 1. The van der Waals surface area contributed by atoms with Crippen LogP contribution >= 0.6 is 0 Å². The monoisotopic (exact) mass is 367 g/mol. The van der Waals surface area contributed by atoms with Crippen molar-refractivity contribution < 1.29 is 23.9 Å². The molecule has 0 aliphatic carbocycles. The highest BCUT2D eigenvalue weighted by atomic mass is 28.4. The average molecular weight is 368 g/mol. The van der Waals surface area contributed by atoms with Gasteiger partial charge in [-0.3, -0.25) is 5.32 Å². The highest BCUT2D eigenvalue weighted by Crippen LogP contribution is 2.39. The molecule has 0 heterocycles. The maximum atomic E-state index is 12.1. The molecular formula is C18H29NO5Si. The molecular weight excluding hydrogens is 338 g/mol. The van der Waals surface area contributed by atoms with E-state index in [0.717, 1.165) is 0 Å². The molecule has 6 nitrogen and oxygen atoms in total. The lowest BCUT2D eigenvalue weighted by Crippen LogP contribution is -2.44. The van der Waals surface area contributed by atoms with Crippen LogP contribution in [0.3, 0.4) is 0 Å². The van der Waals surface area contributed by atoms with Crippen LogP contribution in [0.1, 0.15) is 51.9 Å². The fourth-order valence-electron chi connectivity index (χ4n) is 1.69. The van der Waals surface area contributed by atoms with Gasteiger partial charge in [-0.2, -0.15) is 0 Å². The lowest BCUT2D eigenvalue weighted by atomic mass is 10.2. The third kappa shape index (κ3) is 6.08. The van der Waals surface area contributed by atoms with Crippen LogP contribution in [0.15, 0.2) is 18.2 Å². The summed E-state index contributed by atoms with van der Waals surface area (Å²) >= 11 is 0. The summed E-state index contributed by atoms with van der Waals surface area (Å²) in [5.74, 6) is -0.631. The molecule has 0 saturated carbocycles. The number of anilines is 1. The number of hydrogen-bond acceptors (Lipinski definition) is 4. The Bertz CT molecular complexity index is 656. The second-order valence-corrected chi connectivity index (χ2v) is 13.2. The number of benzene rings is 1. The van der Waals surface area contributed by atoms with Crippen LogP contribution < -0.4 is 9.74 Å². The summed E-state index contributed by atoms with van der Waals surface area (Å²) in [4.78, 5) is 23.3. The SMILES string of the molecule is CC(C)(C)OC(=O)Nc1cc(C(=O)O)ccc1O[Si](C)(C)C(C)(C)C. The van der Waals surface area contributed by atoms with E-state index in [-0.39, 0.29) is 10.6 Å². The number of carboxylic acid groups (broad SMARTS) is 1. The molecule has 1 aromatic carbocycles. The van der Waals surface area contributed by atoms with E-state index in [0.29, 0.717) is 11.4 Å². The number of carboxylic acids is 1. The van der Waals surface area contributed by atoms with Crippen molar-refractivity contribution in [3.8, 4) is 5.75 Å². The van der Waals surface area contributed by atoms with Crippen molar-refractivity contribution in [2.75, 3.05) is 5.32 Å². The molecule has 1 aromatic rings. The molecule has 0 aromatic heterocycles. The van der Waals surface area contributed by atoms with E-state index < -0.39 is 26.0 Å². The Morgan fingerprint density at radius 3 is 2.08 bits per heavy atom. The zero-order valence-electron chi connectivity index (χ0n) is 16.3. The normalized spacial score (nSPS) is 12.5. The zero-order valence-corrected chi connectivity index (χ0v) is 17.3. The van der Waals surface area contributed by atoms with E-state index in [1.165, 1.54) is 12.1 Å². The number of aromatic carboxylic acids is 1. The number of rotatable bonds is 4. The van der Waals surface area contributed by atoms with Gasteiger partial charge in [0.2, 0.25) is 0 Å². The van der Waals surface area contributed by atoms with Crippen molar-refractivity contribution in [1.82, 2.24) is 0 Å². The van der Waals surface area contributed by atoms with Crippen molar-refractivity contribution in [2.24, 2.45) is 0 Å². The summed E-state index contributed by atoms with van der Waals surface area (Å²) in [5.41, 5.74) is -0.304. The summed E-state index contributed by atoms with van der Waals surface area (Å²) in [6.07, 6.45) is -0.657. The number of carbonyl (C=O) groups is 2. The van der Waals surface area contributed by atoms with Gasteiger partial charge in [-0.15, -0.1) is 0 Å². The lowest BCUT2D eigenvalue weighted by molar-refractivity contribution is 0.0632. The summed E-state index contributed by atoms with van der Waals surface area (Å²) in [5, 5.41) is 11.8. The maximum absolute atomic E-state index is 12.1. The highest BCUT2D eigenvalue weighted by Gasteiger charge is 2.39. The molecule has 0 aliphatic heterocycles. The van der Waals surface area contributed by atoms with Crippen LogP contribution in [-0.4, -0.2) is 31.1 Å². The van der Waals surface area contributed by atoms with Gasteiger partial charge in [-0.05, 0) is 57.1 Å². The van der Waals surface area contributed by atoms with Crippen molar-refractivity contribution in [3.05, 3.63) is 23.8 Å². The van der Waals surface area contributed by atoms with Gasteiger partial charge in [0.1, 0.15) is 11.4 Å². The topological polar surface area (TPSA) is 84.9 Å². The van der Waals surface area contributed by atoms with E-state index >= 15 is 0 Å². The van der Waals surface area contributed by atoms with Crippen molar-refractivity contribution >= 4 is 26.1 Å². The Balaban J connectivity index is 3.21. The smallest absolute Gasteiger partial charge is 0.412 e. The van der Waals surface area contributed by atoms with E-state index in [1.54, 1.807) is 26.8 Å². The third-order valence-electron chi connectivity index (χ3n) is 4.03. The summed E-state index contributed by atoms with van der Waals surface area (Å²) in [7, 11) is -2.16. The number of hydrogen-bond donors (Lipinski definition) is 2. The van der Waals surface area contributed by atoms with E-state index in [9.17, 15) is 14.7 Å². The Kier molecular flexibility index (Phi) is 5.95. The van der Waals surface area contributed by atoms with Crippen LogP contribution in [0, 0.1) is 0 Å². The first-order valence-electron chi connectivity index (χ1n) is 8.19. The van der Waals surface area contributed by atoms with Gasteiger partial charge in [-0.1, -0.05) is 20.8 Å². The first-order chi connectivity index (χ1) is 11.1. The molecule has 0 radical (unpaired) electrons. The molecule has 140 valence electrons. The maximum Gasteiger partial charge on any atom is 0.412 e. The Hall–Kier alpha value is -2.02. The molecule has 25 heavy (non-hydrogen) atoms. The Morgan fingerprint density at radius 2 is 1.64 bits per heavy atom. The quantitative estimate of drug-likeness (QED) is 0.722. The van der Waals surface area contributed by atoms with Crippen LogP contribution in [0.5, 0.6) is 5.75 Å². The molecule has 0 bridgehead atoms. The lowest BCUT2D eigenvalue weighted by Gasteiger charge is -2.37. The molecule has 0 atom stereocenters. The third-order valence-corrected chi connectivity index (χ3v) is 8.38. The fraction of sp³-hybridized carbons (Fsp3) is 0.556. The predicted octanol–water partition coefficient (Wildman–Crippen LogP) is 5.12. The minimum Gasteiger partial charge on any atom is -0.542 e. The minimum absolute atomic E-state index is 0.0400. The number of ether oxygens (including phenoxy) is 1. The van der Waals surface area contributed by atoms with E-state index in [2.05, 4.69) is 39.2 Å². The number of carbonyl (C=O) groups excluding carboxylic acids is 1. The second-order valence-electron chi connectivity index (χ2n) is 8.51. The largest absolute Gasteiger partial charge is 0.542 e. The molecule has 0 aliphatic rings. The molecule has 0 unspecified atom stereocenters. The molecule has 0 spiro atoms. The van der Waals surface area contributed by atoms with Crippen molar-refractivity contribution in [3.63, 3.8) is 0 Å². The van der Waals surface area contributed by atoms with Crippen LogP contribution in [-0.2, 0) is 4.74 Å². The van der Waals surface area contributed by atoms with Gasteiger partial charge in [0.25, 0.3) is 8.32 Å². The summed E-state index contributed by atoms with van der Waals surface area (Å²) < 4.78 is 11.5. The average Bonchev–Trinajstić information content (AvgIpc) is 2.36. The number of nitrogens with one attached hydrogen (secondary N) is 1. The Labute approximate surface area is 150 Å².